The van der Waals surface area contributed by atoms with Crippen LogP contribution in [-0.2, 0) is 10.1 Å². The number of hydrogen-bond acceptors (Lipinski definition) is 4. The monoisotopic (exact) mass is 306 g/mol. The predicted octanol–water partition coefficient (Wildman–Crippen LogP) is 2.77. The van der Waals surface area contributed by atoms with Gasteiger partial charge in [-0.3, -0.25) is 0 Å². The average Bonchev–Trinajstić information content (AvgIpc) is 2.41. The second-order valence-corrected chi connectivity index (χ2v) is 6.12. The van der Waals surface area contributed by atoms with Crippen molar-refractivity contribution >= 4 is 16.1 Å². The molecular formula is C15H14O5S. The molecule has 21 heavy (non-hydrogen) atoms. The predicted molar refractivity (Wildman–Crippen MR) is 77.1 cm³/mol. The topological polar surface area (TPSA) is 80.7 Å². The Morgan fingerprint density at radius 2 is 1.76 bits per heavy atom. The maximum atomic E-state index is 12.3. The van der Waals surface area contributed by atoms with Crippen LogP contribution in [0, 0.1) is 13.8 Å². The van der Waals surface area contributed by atoms with Gasteiger partial charge in [0.2, 0.25) is 0 Å². The molecule has 2 aromatic carbocycles. The molecule has 0 aliphatic rings. The van der Waals surface area contributed by atoms with E-state index >= 15 is 0 Å². The molecule has 2 rings (SSSR count). The number of carbonyl (C=O) groups is 1. The van der Waals surface area contributed by atoms with E-state index in [1.165, 1.54) is 30.3 Å². The van der Waals surface area contributed by atoms with Gasteiger partial charge in [0.1, 0.15) is 10.5 Å². The molecule has 0 heterocycles. The van der Waals surface area contributed by atoms with Crippen molar-refractivity contribution < 1.29 is 22.5 Å². The van der Waals surface area contributed by atoms with Gasteiger partial charge < -0.3 is 9.29 Å². The van der Waals surface area contributed by atoms with Crippen LogP contribution in [0.15, 0.2) is 47.4 Å². The maximum Gasteiger partial charge on any atom is 0.339 e. The molecule has 0 aliphatic heterocycles. The highest BCUT2D eigenvalue weighted by molar-refractivity contribution is 7.87. The zero-order valence-electron chi connectivity index (χ0n) is 11.5. The van der Waals surface area contributed by atoms with Crippen molar-refractivity contribution in [2.75, 3.05) is 0 Å². The van der Waals surface area contributed by atoms with E-state index < -0.39 is 16.1 Å². The van der Waals surface area contributed by atoms with Crippen LogP contribution in [0.3, 0.4) is 0 Å². The molecule has 0 radical (unpaired) electrons. The summed E-state index contributed by atoms with van der Waals surface area (Å²) in [6, 6.07) is 10.6. The number of aromatic carboxylic acids is 1. The quantitative estimate of drug-likeness (QED) is 0.878. The Balaban J connectivity index is 2.48. The zero-order valence-corrected chi connectivity index (χ0v) is 12.3. The first-order chi connectivity index (χ1) is 9.81. The van der Waals surface area contributed by atoms with E-state index in [0.29, 0.717) is 5.56 Å². The fourth-order valence-electron chi connectivity index (χ4n) is 1.86. The molecule has 6 heteroatoms. The van der Waals surface area contributed by atoms with E-state index in [0.717, 1.165) is 5.56 Å². The van der Waals surface area contributed by atoms with E-state index in [1.54, 1.807) is 26.0 Å². The number of carboxylic acids is 1. The lowest BCUT2D eigenvalue weighted by Crippen LogP contribution is -2.13. The van der Waals surface area contributed by atoms with Gasteiger partial charge in [0.15, 0.2) is 5.75 Å². The van der Waals surface area contributed by atoms with Gasteiger partial charge in [-0.25, -0.2) is 4.79 Å². The number of rotatable bonds is 4. The molecule has 5 nitrogen and oxygen atoms in total. The smallest absolute Gasteiger partial charge is 0.339 e. The third-order valence-corrected chi connectivity index (χ3v) is 4.31. The molecule has 0 aromatic heterocycles. The molecule has 2 aromatic rings. The van der Waals surface area contributed by atoms with Crippen molar-refractivity contribution in [2.24, 2.45) is 0 Å². The minimum Gasteiger partial charge on any atom is -0.478 e. The van der Waals surface area contributed by atoms with Crippen LogP contribution >= 0.6 is 0 Å². The van der Waals surface area contributed by atoms with Gasteiger partial charge in [0.05, 0.1) is 0 Å². The summed E-state index contributed by atoms with van der Waals surface area (Å²) in [6.07, 6.45) is 0. The van der Waals surface area contributed by atoms with Crippen molar-refractivity contribution in [1.82, 2.24) is 0 Å². The fourth-order valence-corrected chi connectivity index (χ4v) is 3.12. The zero-order chi connectivity index (χ0) is 15.6. The fraction of sp³-hybridized carbons (Fsp3) is 0.133. The van der Waals surface area contributed by atoms with Gasteiger partial charge in [-0.05, 0) is 43.2 Å². The van der Waals surface area contributed by atoms with Crippen molar-refractivity contribution in [3.8, 4) is 5.75 Å². The second-order valence-electron chi connectivity index (χ2n) is 4.61. The Morgan fingerprint density at radius 1 is 1.10 bits per heavy atom. The lowest BCUT2D eigenvalue weighted by molar-refractivity contribution is 0.0695. The highest BCUT2D eigenvalue weighted by Crippen LogP contribution is 2.25. The number of aryl methyl sites for hydroxylation is 2. The molecule has 0 aliphatic carbocycles. The van der Waals surface area contributed by atoms with E-state index in [-0.39, 0.29) is 16.2 Å². The van der Waals surface area contributed by atoms with Crippen LogP contribution in [0.4, 0.5) is 0 Å². The van der Waals surface area contributed by atoms with Crippen LogP contribution < -0.4 is 4.18 Å². The minimum absolute atomic E-state index is 0.0303. The Hall–Kier alpha value is -2.34. The first-order valence-corrected chi connectivity index (χ1v) is 7.56. The molecule has 1 N–H and O–H groups in total. The molecule has 0 atom stereocenters. The summed E-state index contributed by atoms with van der Waals surface area (Å²) < 4.78 is 29.7. The molecule has 0 unspecified atom stereocenters. The van der Waals surface area contributed by atoms with Crippen LogP contribution in [0.1, 0.15) is 21.5 Å². The van der Waals surface area contributed by atoms with Gasteiger partial charge in [0.25, 0.3) is 0 Å². The second kappa shape index (κ2) is 5.57. The molecule has 0 saturated carbocycles. The summed E-state index contributed by atoms with van der Waals surface area (Å²) in [5.74, 6) is -1.45. The SMILES string of the molecule is Cc1ccc(C)c(S(=O)(=O)Oc2ccccc2C(=O)O)c1. The van der Waals surface area contributed by atoms with Crippen molar-refractivity contribution in [1.29, 1.82) is 0 Å². The van der Waals surface area contributed by atoms with Gasteiger partial charge in [0, 0.05) is 0 Å². The summed E-state index contributed by atoms with van der Waals surface area (Å²) in [5.41, 5.74) is 1.11. The Labute approximate surface area is 122 Å². The van der Waals surface area contributed by atoms with E-state index in [2.05, 4.69) is 0 Å². The number of carboxylic acid groups (broad SMARTS) is 1. The van der Waals surface area contributed by atoms with E-state index in [4.69, 9.17) is 9.29 Å². The first kappa shape index (κ1) is 15.1. The molecule has 0 fully saturated rings. The largest absolute Gasteiger partial charge is 0.478 e. The summed E-state index contributed by atoms with van der Waals surface area (Å²) in [5, 5.41) is 9.06. The Morgan fingerprint density at radius 3 is 2.43 bits per heavy atom. The lowest BCUT2D eigenvalue weighted by atomic mass is 10.2. The van der Waals surface area contributed by atoms with Gasteiger partial charge >= 0.3 is 16.1 Å². The number of hydrogen-bond donors (Lipinski definition) is 1. The molecule has 110 valence electrons. The molecule has 0 spiro atoms. The third-order valence-electron chi connectivity index (χ3n) is 2.93. The third kappa shape index (κ3) is 3.22. The molecule has 0 bridgehead atoms. The van der Waals surface area contributed by atoms with Gasteiger partial charge in [-0.2, -0.15) is 8.42 Å². The summed E-state index contributed by atoms with van der Waals surface area (Å²) in [6.45, 7) is 3.42. The highest BCUT2D eigenvalue weighted by atomic mass is 32.2. The maximum absolute atomic E-state index is 12.3. The van der Waals surface area contributed by atoms with E-state index in [1.807, 2.05) is 0 Å². The number of benzene rings is 2. The summed E-state index contributed by atoms with van der Waals surface area (Å²) in [4.78, 5) is 11.1. The van der Waals surface area contributed by atoms with Crippen molar-refractivity contribution in [2.45, 2.75) is 18.7 Å². The molecule has 0 amide bonds. The van der Waals surface area contributed by atoms with E-state index in [9.17, 15) is 13.2 Å². The number of para-hydroxylation sites is 1. The average molecular weight is 306 g/mol. The molecular weight excluding hydrogens is 292 g/mol. The van der Waals surface area contributed by atoms with Gasteiger partial charge in [-0.15, -0.1) is 0 Å². The van der Waals surface area contributed by atoms with Crippen molar-refractivity contribution in [3.63, 3.8) is 0 Å². The first-order valence-electron chi connectivity index (χ1n) is 6.15. The molecule has 0 saturated heterocycles. The van der Waals surface area contributed by atoms with Crippen molar-refractivity contribution in [3.05, 3.63) is 59.2 Å². The Kier molecular flexibility index (Phi) is 3.99. The van der Waals surface area contributed by atoms with Crippen LogP contribution in [0.25, 0.3) is 0 Å². The normalized spacial score (nSPS) is 11.1. The summed E-state index contributed by atoms with van der Waals surface area (Å²) >= 11 is 0. The summed E-state index contributed by atoms with van der Waals surface area (Å²) in [7, 11) is -4.09. The Bertz CT molecular complexity index is 793. The van der Waals surface area contributed by atoms with Crippen LogP contribution in [-0.4, -0.2) is 19.5 Å². The van der Waals surface area contributed by atoms with Gasteiger partial charge in [-0.1, -0.05) is 24.3 Å². The highest BCUT2D eigenvalue weighted by Gasteiger charge is 2.22. The van der Waals surface area contributed by atoms with Crippen LogP contribution in [0.5, 0.6) is 5.75 Å². The standard InChI is InChI=1S/C15H14O5S/c1-10-7-8-11(2)14(9-10)21(18,19)20-13-6-4-3-5-12(13)15(16)17/h3-9H,1-2H3,(H,16,17). The minimum atomic E-state index is -4.09. The van der Waals surface area contributed by atoms with Crippen LogP contribution in [0.2, 0.25) is 0 Å². The lowest BCUT2D eigenvalue weighted by Gasteiger charge is -2.11.